The lowest BCUT2D eigenvalue weighted by Crippen LogP contribution is -2.23. The first kappa shape index (κ1) is 16.2. The van der Waals surface area contributed by atoms with Gasteiger partial charge in [-0.05, 0) is 42.0 Å². The van der Waals surface area contributed by atoms with Crippen molar-refractivity contribution >= 4 is 5.69 Å². The summed E-state index contributed by atoms with van der Waals surface area (Å²) < 4.78 is 20.7. The van der Waals surface area contributed by atoms with Gasteiger partial charge >= 0.3 is 0 Å². The van der Waals surface area contributed by atoms with Crippen molar-refractivity contribution in [1.82, 2.24) is 15.0 Å². The predicted octanol–water partition coefficient (Wildman–Crippen LogP) is 2.87. The Morgan fingerprint density at radius 2 is 2.08 bits per heavy atom. The lowest BCUT2D eigenvalue weighted by Gasteiger charge is -2.23. The van der Waals surface area contributed by atoms with Crippen LogP contribution in [0.25, 0.3) is 0 Å². The number of aromatic nitrogens is 3. The third-order valence-corrected chi connectivity index (χ3v) is 4.26. The Balaban J connectivity index is 1.53. The smallest absolute Gasteiger partial charge is 0.177 e. The fraction of sp³-hybridized carbons (Fsp3) is 0.211. The number of ether oxygens (including phenoxy) is 1. The molecule has 2 aromatic carbocycles. The first-order valence-corrected chi connectivity index (χ1v) is 8.26. The van der Waals surface area contributed by atoms with Crippen LogP contribution in [0.4, 0.5) is 10.1 Å². The number of anilines is 1. The molecule has 26 heavy (non-hydrogen) atoms. The van der Waals surface area contributed by atoms with E-state index in [1.807, 2.05) is 29.3 Å². The average Bonchev–Trinajstić information content (AvgIpc) is 3.32. The zero-order valence-corrected chi connectivity index (χ0v) is 13.9. The van der Waals surface area contributed by atoms with Crippen LogP contribution in [0.3, 0.4) is 0 Å². The first-order valence-electron chi connectivity index (χ1n) is 8.26. The van der Waals surface area contributed by atoms with Crippen molar-refractivity contribution in [2.75, 3.05) is 18.1 Å². The van der Waals surface area contributed by atoms with Crippen molar-refractivity contribution in [3.8, 4) is 6.07 Å². The van der Waals surface area contributed by atoms with E-state index in [0.29, 0.717) is 31.0 Å². The topological polar surface area (TPSA) is 67.0 Å². The largest absolute Gasteiger partial charge is 0.350 e. The minimum atomic E-state index is -0.348. The van der Waals surface area contributed by atoms with Gasteiger partial charge in [0.2, 0.25) is 0 Å². The van der Waals surface area contributed by atoms with E-state index >= 15 is 0 Å². The van der Waals surface area contributed by atoms with Crippen molar-refractivity contribution in [1.29, 1.82) is 5.26 Å². The van der Waals surface area contributed by atoms with Gasteiger partial charge in [0.1, 0.15) is 11.5 Å². The highest BCUT2D eigenvalue weighted by atomic mass is 19.1. The van der Waals surface area contributed by atoms with Gasteiger partial charge in [-0.25, -0.2) is 9.07 Å². The van der Waals surface area contributed by atoms with E-state index < -0.39 is 0 Å². The second-order valence-corrected chi connectivity index (χ2v) is 6.05. The number of nitriles is 1. The number of benzene rings is 2. The van der Waals surface area contributed by atoms with Gasteiger partial charge in [0.05, 0.1) is 31.0 Å². The number of halogens is 1. The summed E-state index contributed by atoms with van der Waals surface area (Å²) in [6, 6.07) is 15.9. The van der Waals surface area contributed by atoms with Gasteiger partial charge in [0.15, 0.2) is 6.23 Å². The Morgan fingerprint density at radius 1 is 1.23 bits per heavy atom. The molecule has 0 spiro atoms. The highest BCUT2D eigenvalue weighted by Gasteiger charge is 2.29. The molecule has 1 aromatic heterocycles. The van der Waals surface area contributed by atoms with Gasteiger partial charge in [-0.1, -0.05) is 17.3 Å². The number of hydrogen-bond donors (Lipinski definition) is 0. The maximum Gasteiger partial charge on any atom is 0.177 e. The molecular weight excluding hydrogens is 333 g/mol. The lowest BCUT2D eigenvalue weighted by molar-refractivity contribution is 0.110. The van der Waals surface area contributed by atoms with Gasteiger partial charge in [0.25, 0.3) is 0 Å². The van der Waals surface area contributed by atoms with Crippen LogP contribution in [-0.4, -0.2) is 28.1 Å². The molecule has 7 heteroatoms. The van der Waals surface area contributed by atoms with E-state index in [-0.39, 0.29) is 12.0 Å². The van der Waals surface area contributed by atoms with Crippen molar-refractivity contribution in [3.63, 3.8) is 0 Å². The highest BCUT2D eigenvalue weighted by Crippen LogP contribution is 2.31. The molecule has 1 aliphatic heterocycles. The minimum absolute atomic E-state index is 0.268. The summed E-state index contributed by atoms with van der Waals surface area (Å²) in [6.45, 7) is 1.79. The molecule has 1 fully saturated rings. The van der Waals surface area contributed by atoms with Crippen LogP contribution in [0, 0.1) is 17.1 Å². The molecule has 0 amide bonds. The zero-order valence-electron chi connectivity index (χ0n) is 13.9. The number of rotatable bonds is 4. The fourth-order valence-electron chi connectivity index (χ4n) is 3.04. The molecule has 0 radical (unpaired) electrons. The quantitative estimate of drug-likeness (QED) is 0.724. The standard InChI is InChI=1S/C19H16FN5O/c20-16-4-6-17(7-5-16)25-8-9-26-19(25)18-13-24(23-22-18)12-15-3-1-2-14(10-15)11-21/h1-7,10,13,19H,8-9,12H2/t19-/m0/s1. The van der Waals surface area contributed by atoms with E-state index in [0.717, 1.165) is 11.3 Å². The van der Waals surface area contributed by atoms with Gasteiger partial charge in [-0.3, -0.25) is 0 Å². The Hall–Kier alpha value is -3.24. The van der Waals surface area contributed by atoms with Crippen molar-refractivity contribution in [2.24, 2.45) is 0 Å². The second kappa shape index (κ2) is 6.94. The molecule has 1 saturated heterocycles. The minimum Gasteiger partial charge on any atom is -0.350 e. The van der Waals surface area contributed by atoms with Crippen LogP contribution in [0.15, 0.2) is 54.7 Å². The van der Waals surface area contributed by atoms with Crippen LogP contribution >= 0.6 is 0 Å². The monoisotopic (exact) mass is 349 g/mol. The van der Waals surface area contributed by atoms with Gasteiger partial charge in [-0.2, -0.15) is 5.26 Å². The van der Waals surface area contributed by atoms with Crippen molar-refractivity contribution in [3.05, 3.63) is 77.4 Å². The zero-order chi connectivity index (χ0) is 17.9. The van der Waals surface area contributed by atoms with Crippen LogP contribution in [0.2, 0.25) is 0 Å². The molecule has 6 nitrogen and oxygen atoms in total. The molecule has 2 heterocycles. The van der Waals surface area contributed by atoms with Crippen LogP contribution in [0.5, 0.6) is 0 Å². The molecule has 3 aromatic rings. The van der Waals surface area contributed by atoms with Crippen LogP contribution < -0.4 is 4.90 Å². The van der Waals surface area contributed by atoms with E-state index in [1.54, 1.807) is 22.9 Å². The lowest BCUT2D eigenvalue weighted by atomic mass is 10.1. The summed E-state index contributed by atoms with van der Waals surface area (Å²) in [5.74, 6) is -0.268. The van der Waals surface area contributed by atoms with Crippen LogP contribution in [0.1, 0.15) is 23.0 Å². The van der Waals surface area contributed by atoms with Gasteiger partial charge < -0.3 is 9.64 Å². The first-order chi connectivity index (χ1) is 12.7. The van der Waals surface area contributed by atoms with Gasteiger partial charge in [0, 0.05) is 12.2 Å². The molecule has 130 valence electrons. The molecule has 4 rings (SSSR count). The third kappa shape index (κ3) is 3.27. The molecule has 0 unspecified atom stereocenters. The van der Waals surface area contributed by atoms with Crippen molar-refractivity contribution < 1.29 is 9.13 Å². The van der Waals surface area contributed by atoms with Gasteiger partial charge in [-0.15, -0.1) is 5.10 Å². The maximum atomic E-state index is 13.2. The number of nitrogens with zero attached hydrogens (tertiary/aromatic N) is 5. The Bertz CT molecular complexity index is 947. The van der Waals surface area contributed by atoms with Crippen molar-refractivity contribution in [2.45, 2.75) is 12.8 Å². The van der Waals surface area contributed by atoms with E-state index in [4.69, 9.17) is 10.00 Å². The molecule has 0 N–H and O–H groups in total. The molecule has 1 atom stereocenters. The molecule has 0 saturated carbocycles. The summed E-state index contributed by atoms with van der Waals surface area (Å²) in [4.78, 5) is 2.03. The Kier molecular flexibility index (Phi) is 4.33. The summed E-state index contributed by atoms with van der Waals surface area (Å²) in [5, 5.41) is 17.4. The SMILES string of the molecule is N#Cc1cccc(Cn2cc([C@@H]3OCCN3c3ccc(F)cc3)nn2)c1. The maximum absolute atomic E-state index is 13.2. The summed E-state index contributed by atoms with van der Waals surface area (Å²) in [7, 11) is 0. The Morgan fingerprint density at radius 3 is 2.88 bits per heavy atom. The second-order valence-electron chi connectivity index (χ2n) is 6.05. The van der Waals surface area contributed by atoms with E-state index in [2.05, 4.69) is 16.4 Å². The molecule has 1 aliphatic rings. The number of hydrogen-bond acceptors (Lipinski definition) is 5. The summed E-state index contributed by atoms with van der Waals surface area (Å²) in [6.07, 6.45) is 1.49. The normalized spacial score (nSPS) is 16.6. The summed E-state index contributed by atoms with van der Waals surface area (Å²) in [5.41, 5.74) is 3.17. The summed E-state index contributed by atoms with van der Waals surface area (Å²) >= 11 is 0. The van der Waals surface area contributed by atoms with E-state index in [9.17, 15) is 4.39 Å². The third-order valence-electron chi connectivity index (χ3n) is 4.26. The molecule has 0 bridgehead atoms. The molecule has 0 aliphatic carbocycles. The average molecular weight is 349 g/mol. The molecular formula is C19H16FN5O. The Labute approximate surface area is 150 Å². The predicted molar refractivity (Wildman–Crippen MR) is 92.7 cm³/mol. The highest BCUT2D eigenvalue weighted by molar-refractivity contribution is 5.48. The van der Waals surface area contributed by atoms with E-state index in [1.165, 1.54) is 12.1 Å². The van der Waals surface area contributed by atoms with Crippen LogP contribution in [-0.2, 0) is 11.3 Å². The fourth-order valence-corrected chi connectivity index (χ4v) is 3.04.